The molecule has 2 aromatic rings. The molecule has 0 aromatic heterocycles. The molecule has 0 fully saturated rings. The largest absolute Gasteiger partial charge is 0.392 e. The lowest BCUT2D eigenvalue weighted by molar-refractivity contribution is 0.120. The smallest absolute Gasteiger partial charge is 0.0652 e. The van der Waals surface area contributed by atoms with E-state index in [-0.39, 0.29) is 5.41 Å². The van der Waals surface area contributed by atoms with Crippen LogP contribution in [0.2, 0.25) is 0 Å². The van der Waals surface area contributed by atoms with Crippen LogP contribution in [-0.4, -0.2) is 11.2 Å². The molecule has 2 unspecified atom stereocenters. The van der Waals surface area contributed by atoms with Gasteiger partial charge in [-0.25, -0.2) is 0 Å². The van der Waals surface area contributed by atoms with Crippen LogP contribution >= 0.6 is 0 Å². The third-order valence-electron chi connectivity index (χ3n) is 4.18. The number of rotatable bonds is 2. The molecule has 0 spiro atoms. The van der Waals surface area contributed by atoms with E-state index in [1.807, 2.05) is 31.2 Å². The van der Waals surface area contributed by atoms with Crippen molar-refractivity contribution in [3.63, 3.8) is 0 Å². The molecule has 1 nitrogen and oxygen atoms in total. The van der Waals surface area contributed by atoms with E-state index in [0.717, 1.165) is 6.42 Å². The molecule has 19 heavy (non-hydrogen) atoms. The zero-order valence-electron chi connectivity index (χ0n) is 11.1. The average Bonchev–Trinajstić information content (AvgIpc) is 2.47. The standard InChI is InChI=1S/C18H18O/c1-14(19)18(16-10-3-2-4-11-16)13-7-9-15-8-5-6-12-17(15)18/h2-12,14,19H,13H2,1H3. The van der Waals surface area contributed by atoms with Crippen molar-refractivity contribution in [1.29, 1.82) is 0 Å². The van der Waals surface area contributed by atoms with Crippen LogP contribution in [0.4, 0.5) is 0 Å². The van der Waals surface area contributed by atoms with Gasteiger partial charge in [-0.05, 0) is 30.0 Å². The fourth-order valence-corrected chi connectivity index (χ4v) is 3.18. The fourth-order valence-electron chi connectivity index (χ4n) is 3.18. The monoisotopic (exact) mass is 250 g/mol. The second-order valence-electron chi connectivity index (χ2n) is 5.21. The molecule has 0 amide bonds. The lowest BCUT2D eigenvalue weighted by Gasteiger charge is -2.40. The Bertz CT molecular complexity index is 598. The van der Waals surface area contributed by atoms with Crippen LogP contribution in [0, 0.1) is 0 Å². The maximum absolute atomic E-state index is 10.5. The third-order valence-corrected chi connectivity index (χ3v) is 4.18. The highest BCUT2D eigenvalue weighted by molar-refractivity contribution is 5.62. The van der Waals surface area contributed by atoms with Gasteiger partial charge in [-0.1, -0.05) is 66.7 Å². The van der Waals surface area contributed by atoms with Gasteiger partial charge in [-0.3, -0.25) is 0 Å². The summed E-state index contributed by atoms with van der Waals surface area (Å²) in [6.45, 7) is 1.89. The molecule has 0 bridgehead atoms. The molecule has 0 heterocycles. The maximum atomic E-state index is 10.5. The van der Waals surface area contributed by atoms with Gasteiger partial charge in [-0.15, -0.1) is 0 Å². The molecule has 1 aliphatic carbocycles. The summed E-state index contributed by atoms with van der Waals surface area (Å²) in [5.74, 6) is 0. The second kappa shape index (κ2) is 4.67. The van der Waals surface area contributed by atoms with Gasteiger partial charge in [0.15, 0.2) is 0 Å². The van der Waals surface area contributed by atoms with Crippen LogP contribution in [0.15, 0.2) is 60.7 Å². The number of fused-ring (bicyclic) bond motifs is 1. The Morgan fingerprint density at radius 3 is 2.42 bits per heavy atom. The summed E-state index contributed by atoms with van der Waals surface area (Å²) >= 11 is 0. The van der Waals surface area contributed by atoms with Crippen molar-refractivity contribution in [1.82, 2.24) is 0 Å². The number of benzene rings is 2. The highest BCUT2D eigenvalue weighted by Gasteiger charge is 2.40. The Labute approximate surface area is 114 Å². The Morgan fingerprint density at radius 2 is 1.68 bits per heavy atom. The number of aliphatic hydroxyl groups excluding tert-OH is 1. The summed E-state index contributed by atoms with van der Waals surface area (Å²) < 4.78 is 0. The van der Waals surface area contributed by atoms with E-state index in [0.29, 0.717) is 0 Å². The van der Waals surface area contributed by atoms with Crippen LogP contribution in [0.5, 0.6) is 0 Å². The Hall–Kier alpha value is -1.86. The van der Waals surface area contributed by atoms with Gasteiger partial charge < -0.3 is 5.11 Å². The molecular weight excluding hydrogens is 232 g/mol. The fraction of sp³-hybridized carbons (Fsp3) is 0.222. The lowest BCUT2D eigenvalue weighted by atomic mass is 9.65. The molecule has 0 aliphatic heterocycles. The van der Waals surface area contributed by atoms with Gasteiger partial charge in [0.05, 0.1) is 6.10 Å². The van der Waals surface area contributed by atoms with E-state index in [2.05, 4.69) is 42.5 Å². The van der Waals surface area contributed by atoms with Crippen molar-refractivity contribution in [2.75, 3.05) is 0 Å². The van der Waals surface area contributed by atoms with Crippen LogP contribution < -0.4 is 0 Å². The summed E-state index contributed by atoms with van der Waals surface area (Å²) in [5.41, 5.74) is 3.28. The second-order valence-corrected chi connectivity index (χ2v) is 5.21. The molecule has 1 heteroatoms. The summed E-state index contributed by atoms with van der Waals surface area (Å²) in [5, 5.41) is 10.5. The number of hydrogen-bond donors (Lipinski definition) is 1. The highest BCUT2D eigenvalue weighted by atomic mass is 16.3. The van der Waals surface area contributed by atoms with Gasteiger partial charge in [-0.2, -0.15) is 0 Å². The molecule has 0 saturated heterocycles. The molecule has 3 rings (SSSR count). The van der Waals surface area contributed by atoms with E-state index in [4.69, 9.17) is 0 Å². The Balaban J connectivity index is 2.27. The highest BCUT2D eigenvalue weighted by Crippen LogP contribution is 2.43. The minimum Gasteiger partial charge on any atom is -0.392 e. The lowest BCUT2D eigenvalue weighted by Crippen LogP contribution is -2.40. The quantitative estimate of drug-likeness (QED) is 0.860. The zero-order valence-corrected chi connectivity index (χ0v) is 11.1. The van der Waals surface area contributed by atoms with Crippen molar-refractivity contribution in [3.8, 4) is 0 Å². The van der Waals surface area contributed by atoms with Crippen molar-refractivity contribution < 1.29 is 5.11 Å². The Kier molecular flexibility index (Phi) is 3.00. The summed E-state index contributed by atoms with van der Waals surface area (Å²) in [6.07, 6.45) is 4.73. The summed E-state index contributed by atoms with van der Waals surface area (Å²) in [7, 11) is 0. The number of aliphatic hydroxyl groups is 1. The van der Waals surface area contributed by atoms with Crippen LogP contribution in [0.3, 0.4) is 0 Å². The van der Waals surface area contributed by atoms with E-state index in [1.54, 1.807) is 0 Å². The van der Waals surface area contributed by atoms with Gasteiger partial charge in [0.25, 0.3) is 0 Å². The van der Waals surface area contributed by atoms with Gasteiger partial charge in [0, 0.05) is 5.41 Å². The topological polar surface area (TPSA) is 20.2 Å². The minimum absolute atomic E-state index is 0.327. The first-order valence-electron chi connectivity index (χ1n) is 6.75. The van der Waals surface area contributed by atoms with Crippen molar-refractivity contribution in [2.24, 2.45) is 0 Å². The predicted molar refractivity (Wildman–Crippen MR) is 79.0 cm³/mol. The first-order chi connectivity index (χ1) is 9.25. The predicted octanol–water partition coefficient (Wildman–Crippen LogP) is 3.77. The maximum Gasteiger partial charge on any atom is 0.0652 e. The average molecular weight is 250 g/mol. The number of allylic oxidation sites excluding steroid dienone is 1. The van der Waals surface area contributed by atoms with Crippen molar-refractivity contribution >= 4 is 6.08 Å². The van der Waals surface area contributed by atoms with Crippen LogP contribution in [0.1, 0.15) is 30.0 Å². The molecule has 0 saturated carbocycles. The third kappa shape index (κ3) is 1.82. The molecule has 0 radical (unpaired) electrons. The normalized spacial score (nSPS) is 22.8. The van der Waals surface area contributed by atoms with E-state index in [9.17, 15) is 5.11 Å². The number of hydrogen-bond acceptors (Lipinski definition) is 1. The summed E-state index contributed by atoms with van der Waals surface area (Å²) in [6, 6.07) is 18.7. The molecule has 96 valence electrons. The SMILES string of the molecule is CC(O)C1(c2ccccc2)CC=Cc2ccccc21. The van der Waals surface area contributed by atoms with Gasteiger partial charge in [0.1, 0.15) is 0 Å². The van der Waals surface area contributed by atoms with E-state index in [1.165, 1.54) is 16.7 Å². The zero-order chi connectivity index (χ0) is 13.3. The minimum atomic E-state index is -0.430. The van der Waals surface area contributed by atoms with Crippen molar-refractivity contribution in [3.05, 3.63) is 77.4 Å². The molecular formula is C18H18O. The van der Waals surface area contributed by atoms with Crippen molar-refractivity contribution in [2.45, 2.75) is 24.9 Å². The summed E-state index contributed by atoms with van der Waals surface area (Å²) in [4.78, 5) is 0. The Morgan fingerprint density at radius 1 is 1.00 bits per heavy atom. The molecule has 2 atom stereocenters. The molecule has 1 N–H and O–H groups in total. The molecule has 1 aliphatic rings. The van der Waals surface area contributed by atoms with Gasteiger partial charge in [0.2, 0.25) is 0 Å². The van der Waals surface area contributed by atoms with Crippen LogP contribution in [-0.2, 0) is 5.41 Å². The van der Waals surface area contributed by atoms with E-state index >= 15 is 0 Å². The molecule has 2 aromatic carbocycles. The van der Waals surface area contributed by atoms with Crippen LogP contribution in [0.25, 0.3) is 6.08 Å². The first kappa shape index (κ1) is 12.2. The van der Waals surface area contributed by atoms with Gasteiger partial charge >= 0.3 is 0 Å². The first-order valence-corrected chi connectivity index (χ1v) is 6.75. The van der Waals surface area contributed by atoms with E-state index < -0.39 is 6.10 Å².